The maximum atomic E-state index is 13.6. The first-order valence-electron chi connectivity index (χ1n) is 11.1. The van der Waals surface area contributed by atoms with Crippen molar-refractivity contribution in [3.63, 3.8) is 0 Å². The van der Waals surface area contributed by atoms with Gasteiger partial charge in [-0.1, -0.05) is 56.3 Å². The highest BCUT2D eigenvalue weighted by Gasteiger charge is 2.40. The van der Waals surface area contributed by atoms with Gasteiger partial charge in [0.25, 0.3) is 11.8 Å². The summed E-state index contributed by atoms with van der Waals surface area (Å²) >= 11 is 0. The molecule has 0 radical (unpaired) electrons. The molecule has 0 saturated carbocycles. The van der Waals surface area contributed by atoms with Crippen LogP contribution in [0.2, 0.25) is 0 Å². The fraction of sp³-hybridized carbons (Fsp3) is 0.214. The van der Waals surface area contributed by atoms with Crippen LogP contribution < -0.4 is 15.0 Å². The van der Waals surface area contributed by atoms with Gasteiger partial charge in [-0.2, -0.15) is 0 Å². The lowest BCUT2D eigenvalue weighted by atomic mass is 10.0. The smallest absolute Gasteiger partial charge is 0.282 e. The molecule has 33 heavy (non-hydrogen) atoms. The van der Waals surface area contributed by atoms with Gasteiger partial charge in [0, 0.05) is 5.69 Å². The number of aryl methyl sites for hydroxylation is 2. The number of carbonyl (C=O) groups excluding carboxylic acids is 2. The zero-order chi connectivity index (χ0) is 23.5. The summed E-state index contributed by atoms with van der Waals surface area (Å²) in [6, 6.07) is 22.4. The molecule has 0 spiro atoms. The number of anilines is 2. The Morgan fingerprint density at radius 2 is 1.58 bits per heavy atom. The van der Waals surface area contributed by atoms with Crippen LogP contribution in [-0.4, -0.2) is 18.4 Å². The van der Waals surface area contributed by atoms with Gasteiger partial charge in [0.05, 0.1) is 17.9 Å². The first kappa shape index (κ1) is 22.3. The van der Waals surface area contributed by atoms with Crippen molar-refractivity contribution in [3.8, 4) is 5.75 Å². The maximum absolute atomic E-state index is 13.6. The Labute approximate surface area is 194 Å². The molecule has 0 saturated heterocycles. The SMILES string of the molecule is Cc1ccc(C)c(NC2=C(c3ccccc3)C(=O)N(c3ccc(OCC(C)C)cc3)C2=O)c1. The molecule has 2 amide bonds. The summed E-state index contributed by atoms with van der Waals surface area (Å²) in [5.74, 6) is 0.379. The van der Waals surface area contributed by atoms with E-state index in [-0.39, 0.29) is 17.5 Å². The molecule has 3 aromatic rings. The van der Waals surface area contributed by atoms with Gasteiger partial charge in [0.2, 0.25) is 0 Å². The van der Waals surface area contributed by atoms with E-state index in [1.54, 1.807) is 24.3 Å². The summed E-state index contributed by atoms with van der Waals surface area (Å²) in [5, 5.41) is 3.27. The number of rotatable bonds is 7. The fourth-order valence-electron chi connectivity index (χ4n) is 3.71. The lowest BCUT2D eigenvalue weighted by Gasteiger charge is -2.17. The van der Waals surface area contributed by atoms with Crippen LogP contribution in [0.1, 0.15) is 30.5 Å². The van der Waals surface area contributed by atoms with Crippen LogP contribution in [0.25, 0.3) is 5.57 Å². The number of hydrogen-bond acceptors (Lipinski definition) is 4. The molecule has 1 aliphatic rings. The average Bonchev–Trinajstić information content (AvgIpc) is 3.05. The third kappa shape index (κ3) is 4.67. The predicted molar refractivity (Wildman–Crippen MR) is 132 cm³/mol. The van der Waals surface area contributed by atoms with Gasteiger partial charge in [-0.25, -0.2) is 4.90 Å². The summed E-state index contributed by atoms with van der Waals surface area (Å²) in [6.45, 7) is 8.73. The number of amides is 2. The topological polar surface area (TPSA) is 58.6 Å². The van der Waals surface area contributed by atoms with E-state index >= 15 is 0 Å². The van der Waals surface area contributed by atoms with E-state index in [0.29, 0.717) is 35.1 Å². The largest absolute Gasteiger partial charge is 0.493 e. The number of imide groups is 1. The van der Waals surface area contributed by atoms with Crippen LogP contribution >= 0.6 is 0 Å². The van der Waals surface area contributed by atoms with Crippen molar-refractivity contribution in [2.75, 3.05) is 16.8 Å². The summed E-state index contributed by atoms with van der Waals surface area (Å²) in [5.41, 5.74) is 4.71. The number of nitrogens with zero attached hydrogens (tertiary/aromatic N) is 1. The first-order chi connectivity index (χ1) is 15.8. The van der Waals surface area contributed by atoms with E-state index in [0.717, 1.165) is 16.8 Å². The molecule has 168 valence electrons. The van der Waals surface area contributed by atoms with Gasteiger partial charge < -0.3 is 10.1 Å². The Hall–Kier alpha value is -3.86. The molecule has 0 bridgehead atoms. The highest BCUT2D eigenvalue weighted by molar-refractivity contribution is 6.46. The van der Waals surface area contributed by atoms with Crippen molar-refractivity contribution in [2.45, 2.75) is 27.7 Å². The summed E-state index contributed by atoms with van der Waals surface area (Å²) in [4.78, 5) is 28.3. The van der Waals surface area contributed by atoms with E-state index < -0.39 is 0 Å². The third-order valence-electron chi connectivity index (χ3n) is 5.48. The quantitative estimate of drug-likeness (QED) is 0.476. The van der Waals surface area contributed by atoms with Crippen LogP contribution in [0.15, 0.2) is 78.5 Å². The molecule has 3 aromatic carbocycles. The minimum Gasteiger partial charge on any atom is -0.493 e. The molecule has 1 aliphatic heterocycles. The molecule has 1 heterocycles. The van der Waals surface area contributed by atoms with Gasteiger partial charge in [0.15, 0.2) is 0 Å². The highest BCUT2D eigenvalue weighted by atomic mass is 16.5. The fourth-order valence-corrected chi connectivity index (χ4v) is 3.71. The van der Waals surface area contributed by atoms with Crippen LogP contribution in [0.4, 0.5) is 11.4 Å². The molecule has 5 nitrogen and oxygen atoms in total. The van der Waals surface area contributed by atoms with Crippen LogP contribution in [-0.2, 0) is 9.59 Å². The second-order valence-corrected chi connectivity index (χ2v) is 8.70. The van der Waals surface area contributed by atoms with Crippen LogP contribution in [0.3, 0.4) is 0 Å². The number of ether oxygens (including phenoxy) is 1. The normalized spacial score (nSPS) is 13.8. The molecular weight excluding hydrogens is 412 g/mol. The van der Waals surface area contributed by atoms with Crippen LogP contribution in [0, 0.1) is 19.8 Å². The summed E-state index contributed by atoms with van der Waals surface area (Å²) < 4.78 is 5.74. The van der Waals surface area contributed by atoms with E-state index in [1.165, 1.54) is 4.90 Å². The monoisotopic (exact) mass is 440 g/mol. The minimum absolute atomic E-state index is 0.278. The standard InChI is InChI=1S/C28H28N2O3/c1-18(2)17-33-23-14-12-22(13-15-23)30-27(31)25(21-8-6-5-7-9-21)26(28(30)32)29-24-16-19(3)10-11-20(24)4/h5-16,18,29H,17H2,1-4H3. The number of nitrogens with one attached hydrogen (secondary N) is 1. The van der Waals surface area contributed by atoms with Crippen LogP contribution in [0.5, 0.6) is 5.75 Å². The molecule has 0 aromatic heterocycles. The molecule has 0 unspecified atom stereocenters. The van der Waals surface area contributed by atoms with Crippen molar-refractivity contribution in [3.05, 3.63) is 95.2 Å². The van der Waals surface area contributed by atoms with Gasteiger partial charge >= 0.3 is 0 Å². The lowest BCUT2D eigenvalue weighted by molar-refractivity contribution is -0.120. The second-order valence-electron chi connectivity index (χ2n) is 8.70. The Balaban J connectivity index is 1.71. The summed E-state index contributed by atoms with van der Waals surface area (Å²) in [6.07, 6.45) is 0. The third-order valence-corrected chi connectivity index (χ3v) is 5.48. The van der Waals surface area contributed by atoms with Gasteiger partial charge in [-0.15, -0.1) is 0 Å². The van der Waals surface area contributed by atoms with Crippen molar-refractivity contribution in [1.29, 1.82) is 0 Å². The van der Waals surface area contributed by atoms with E-state index in [9.17, 15) is 9.59 Å². The van der Waals surface area contributed by atoms with Gasteiger partial charge in [-0.05, 0) is 66.8 Å². The summed E-state index contributed by atoms with van der Waals surface area (Å²) in [7, 11) is 0. The first-order valence-corrected chi connectivity index (χ1v) is 11.1. The number of benzene rings is 3. The number of hydrogen-bond donors (Lipinski definition) is 1. The second kappa shape index (κ2) is 9.33. The maximum Gasteiger partial charge on any atom is 0.282 e. The molecule has 0 fully saturated rings. The Morgan fingerprint density at radius 3 is 2.24 bits per heavy atom. The van der Waals surface area contributed by atoms with Gasteiger partial charge in [0.1, 0.15) is 11.4 Å². The molecule has 1 N–H and O–H groups in total. The van der Waals surface area contributed by atoms with Crippen molar-refractivity contribution in [1.82, 2.24) is 0 Å². The predicted octanol–water partition coefficient (Wildman–Crippen LogP) is 5.73. The van der Waals surface area contributed by atoms with E-state index in [2.05, 4.69) is 19.2 Å². The lowest BCUT2D eigenvalue weighted by Crippen LogP contribution is -2.32. The number of carbonyl (C=O) groups is 2. The zero-order valence-corrected chi connectivity index (χ0v) is 19.4. The zero-order valence-electron chi connectivity index (χ0n) is 19.4. The van der Waals surface area contributed by atoms with Crippen molar-refractivity contribution in [2.24, 2.45) is 5.92 Å². The van der Waals surface area contributed by atoms with Gasteiger partial charge in [-0.3, -0.25) is 9.59 Å². The molecular formula is C28H28N2O3. The molecule has 0 aliphatic carbocycles. The Morgan fingerprint density at radius 1 is 0.879 bits per heavy atom. The van der Waals surface area contributed by atoms with E-state index in [1.807, 2.05) is 62.4 Å². The van der Waals surface area contributed by atoms with Crippen molar-refractivity contribution < 1.29 is 14.3 Å². The average molecular weight is 441 g/mol. The molecule has 5 heteroatoms. The molecule has 0 atom stereocenters. The minimum atomic E-state index is -0.379. The Kier molecular flexibility index (Phi) is 6.31. The Bertz CT molecular complexity index is 1210. The van der Waals surface area contributed by atoms with Crippen molar-refractivity contribution >= 4 is 28.8 Å². The highest BCUT2D eigenvalue weighted by Crippen LogP contribution is 2.35. The molecule has 4 rings (SSSR count). The van der Waals surface area contributed by atoms with E-state index in [4.69, 9.17) is 4.74 Å².